The molecule has 7 heteroatoms. The zero-order chi connectivity index (χ0) is 22.2. The molecule has 0 saturated carbocycles. The van der Waals surface area contributed by atoms with Crippen LogP contribution in [0.25, 0.3) is 0 Å². The molecule has 31 heavy (non-hydrogen) atoms. The first-order valence-corrected chi connectivity index (χ1v) is 11.4. The molecule has 5 nitrogen and oxygen atoms in total. The van der Waals surface area contributed by atoms with Crippen LogP contribution in [-0.2, 0) is 16.1 Å². The van der Waals surface area contributed by atoms with Gasteiger partial charge in [0.05, 0.1) is 18.4 Å². The molecular formula is C24H30Cl2N2O3. The van der Waals surface area contributed by atoms with Gasteiger partial charge in [0.2, 0.25) is 0 Å². The van der Waals surface area contributed by atoms with E-state index in [2.05, 4.69) is 23.9 Å². The molecule has 1 heterocycles. The van der Waals surface area contributed by atoms with Gasteiger partial charge in [-0.15, -0.1) is 0 Å². The molecule has 0 aromatic heterocycles. The summed E-state index contributed by atoms with van der Waals surface area (Å²) in [5.74, 6) is 0.432. The fourth-order valence-corrected chi connectivity index (χ4v) is 4.01. The Kier molecular flexibility index (Phi) is 9.17. The van der Waals surface area contributed by atoms with Gasteiger partial charge in [-0.05, 0) is 29.7 Å². The Morgan fingerprint density at radius 3 is 2.71 bits per heavy atom. The summed E-state index contributed by atoms with van der Waals surface area (Å²) in [6.07, 6.45) is -0.0482. The molecule has 2 aromatic rings. The highest BCUT2D eigenvalue weighted by Gasteiger charge is 2.26. The van der Waals surface area contributed by atoms with Crippen LogP contribution >= 0.6 is 23.2 Å². The van der Waals surface area contributed by atoms with E-state index in [0.29, 0.717) is 55.2 Å². The van der Waals surface area contributed by atoms with Crippen LogP contribution in [-0.4, -0.2) is 54.2 Å². The van der Waals surface area contributed by atoms with Gasteiger partial charge >= 0.3 is 0 Å². The second kappa shape index (κ2) is 11.8. The van der Waals surface area contributed by atoms with Gasteiger partial charge in [0, 0.05) is 48.3 Å². The first-order chi connectivity index (χ1) is 14.9. The molecule has 0 spiro atoms. The van der Waals surface area contributed by atoms with Crippen molar-refractivity contribution >= 4 is 28.9 Å². The first-order valence-electron chi connectivity index (χ1n) is 10.6. The van der Waals surface area contributed by atoms with Gasteiger partial charge in [-0.25, -0.2) is 0 Å². The minimum atomic E-state index is -0.594. The van der Waals surface area contributed by atoms with Crippen LogP contribution in [0.4, 0.5) is 0 Å². The van der Waals surface area contributed by atoms with E-state index in [9.17, 15) is 5.11 Å². The normalized spacial score (nSPS) is 17.1. The average Bonchev–Trinajstić information content (AvgIpc) is 3.16. The number of hydrogen-bond acceptors (Lipinski definition) is 5. The third-order valence-electron chi connectivity index (χ3n) is 4.91. The Bertz CT molecular complexity index is 875. The van der Waals surface area contributed by atoms with Crippen molar-refractivity contribution in [1.82, 2.24) is 4.90 Å². The maximum atomic E-state index is 10.5. The Labute approximate surface area is 194 Å². The molecule has 2 atom stereocenters. The standard InChI is InChI=1S/C24H30Cl2N2O3/c1-17(2)15-30-16-20(29)13-28(12-18-6-5-7-19(25)10-18)14-21-11-24(27-31-21)22-8-3-4-9-23(22)26/h3-10,17,20-21,29H,11-16H2,1-2H3/t20-,21+/m0/s1. The topological polar surface area (TPSA) is 54.3 Å². The number of halogens is 2. The summed E-state index contributed by atoms with van der Waals surface area (Å²) in [6, 6.07) is 15.4. The summed E-state index contributed by atoms with van der Waals surface area (Å²) in [6.45, 7) is 6.83. The van der Waals surface area contributed by atoms with Gasteiger partial charge < -0.3 is 14.7 Å². The maximum absolute atomic E-state index is 10.5. The van der Waals surface area contributed by atoms with Gasteiger partial charge in [-0.3, -0.25) is 4.90 Å². The molecule has 0 bridgehead atoms. The van der Waals surface area contributed by atoms with Crippen LogP contribution in [0.1, 0.15) is 31.4 Å². The maximum Gasteiger partial charge on any atom is 0.145 e. The van der Waals surface area contributed by atoms with Crippen LogP contribution in [0.2, 0.25) is 10.0 Å². The third-order valence-corrected chi connectivity index (χ3v) is 5.47. The average molecular weight is 465 g/mol. The van der Waals surface area contributed by atoms with Crippen LogP contribution in [0.15, 0.2) is 53.7 Å². The van der Waals surface area contributed by atoms with E-state index in [-0.39, 0.29) is 6.10 Å². The number of rotatable bonds is 11. The van der Waals surface area contributed by atoms with Crippen LogP contribution in [0.3, 0.4) is 0 Å². The number of ether oxygens (including phenoxy) is 1. The largest absolute Gasteiger partial charge is 0.390 e. The summed E-state index contributed by atoms with van der Waals surface area (Å²) in [5.41, 5.74) is 2.82. The van der Waals surface area contributed by atoms with Gasteiger partial charge in [0.15, 0.2) is 0 Å². The number of hydrogen-bond donors (Lipinski definition) is 1. The molecule has 0 aliphatic carbocycles. The van der Waals surface area contributed by atoms with Crippen molar-refractivity contribution in [1.29, 1.82) is 0 Å². The summed E-state index contributed by atoms with van der Waals surface area (Å²) >= 11 is 12.5. The fraction of sp³-hybridized carbons (Fsp3) is 0.458. The monoisotopic (exact) mass is 464 g/mol. The summed E-state index contributed by atoms with van der Waals surface area (Å²) in [7, 11) is 0. The Morgan fingerprint density at radius 2 is 1.97 bits per heavy atom. The Hall–Kier alpha value is -1.63. The molecule has 0 unspecified atom stereocenters. The highest BCUT2D eigenvalue weighted by Crippen LogP contribution is 2.24. The van der Waals surface area contributed by atoms with Crippen molar-refractivity contribution in [3.8, 4) is 0 Å². The van der Waals surface area contributed by atoms with E-state index < -0.39 is 6.10 Å². The minimum Gasteiger partial charge on any atom is -0.390 e. The zero-order valence-corrected chi connectivity index (χ0v) is 19.5. The SMILES string of the molecule is CC(C)COC[C@@H](O)CN(Cc1cccc(Cl)c1)C[C@H]1CC(c2ccccc2Cl)=NO1. The molecule has 1 aliphatic heterocycles. The predicted molar refractivity (Wildman–Crippen MR) is 126 cm³/mol. The van der Waals surface area contributed by atoms with E-state index >= 15 is 0 Å². The highest BCUT2D eigenvalue weighted by molar-refractivity contribution is 6.34. The van der Waals surface area contributed by atoms with Crippen LogP contribution in [0, 0.1) is 5.92 Å². The fourth-order valence-electron chi connectivity index (χ4n) is 3.56. The molecule has 2 aromatic carbocycles. The third kappa shape index (κ3) is 7.78. The second-order valence-corrected chi connectivity index (χ2v) is 9.20. The van der Waals surface area contributed by atoms with E-state index in [1.165, 1.54) is 0 Å². The van der Waals surface area contributed by atoms with E-state index in [0.717, 1.165) is 16.8 Å². The number of aliphatic hydroxyl groups is 1. The lowest BCUT2D eigenvalue weighted by atomic mass is 10.0. The Morgan fingerprint density at radius 1 is 1.16 bits per heavy atom. The minimum absolute atomic E-state index is 0.116. The number of benzene rings is 2. The molecule has 0 radical (unpaired) electrons. The molecule has 3 rings (SSSR count). The van der Waals surface area contributed by atoms with Crippen LogP contribution < -0.4 is 0 Å². The molecule has 1 aliphatic rings. The van der Waals surface area contributed by atoms with E-state index in [1.807, 2.05) is 48.5 Å². The van der Waals surface area contributed by atoms with Gasteiger partial charge in [-0.1, -0.05) is 72.5 Å². The van der Waals surface area contributed by atoms with Crippen molar-refractivity contribution in [3.05, 3.63) is 69.7 Å². The first kappa shape index (κ1) is 24.0. The quantitative estimate of drug-likeness (QED) is 0.506. The summed E-state index contributed by atoms with van der Waals surface area (Å²) in [5, 5.41) is 16.2. The molecule has 0 saturated heterocycles. The summed E-state index contributed by atoms with van der Waals surface area (Å²) < 4.78 is 5.62. The predicted octanol–water partition coefficient (Wildman–Crippen LogP) is 5.02. The van der Waals surface area contributed by atoms with Crippen molar-refractivity contribution in [2.45, 2.75) is 39.0 Å². The zero-order valence-electron chi connectivity index (χ0n) is 18.0. The van der Waals surface area contributed by atoms with Crippen molar-refractivity contribution in [2.24, 2.45) is 11.1 Å². The lowest BCUT2D eigenvalue weighted by molar-refractivity contribution is -0.00734. The smallest absolute Gasteiger partial charge is 0.145 e. The number of oxime groups is 1. The van der Waals surface area contributed by atoms with E-state index in [4.69, 9.17) is 32.8 Å². The molecule has 0 fully saturated rings. The highest BCUT2D eigenvalue weighted by atomic mass is 35.5. The van der Waals surface area contributed by atoms with Gasteiger partial charge in [0.25, 0.3) is 0 Å². The van der Waals surface area contributed by atoms with Crippen LogP contribution in [0.5, 0.6) is 0 Å². The summed E-state index contributed by atoms with van der Waals surface area (Å²) in [4.78, 5) is 7.87. The van der Waals surface area contributed by atoms with Gasteiger partial charge in [-0.2, -0.15) is 0 Å². The van der Waals surface area contributed by atoms with Crippen molar-refractivity contribution < 1.29 is 14.7 Å². The molecular weight excluding hydrogens is 435 g/mol. The van der Waals surface area contributed by atoms with E-state index in [1.54, 1.807) is 0 Å². The van der Waals surface area contributed by atoms with Gasteiger partial charge in [0.1, 0.15) is 6.10 Å². The molecule has 0 amide bonds. The lowest BCUT2D eigenvalue weighted by Crippen LogP contribution is -2.39. The molecule has 168 valence electrons. The molecule has 1 N–H and O–H groups in total. The number of aliphatic hydroxyl groups excluding tert-OH is 1. The second-order valence-electron chi connectivity index (χ2n) is 8.36. The van der Waals surface area contributed by atoms with Crippen molar-refractivity contribution in [2.75, 3.05) is 26.3 Å². The Balaban J connectivity index is 1.61. The lowest BCUT2D eigenvalue weighted by Gasteiger charge is -2.27. The number of nitrogens with zero attached hydrogens (tertiary/aromatic N) is 2. The van der Waals surface area contributed by atoms with Crippen molar-refractivity contribution in [3.63, 3.8) is 0 Å².